The molecule has 292 valence electrons. The first-order valence-electron chi connectivity index (χ1n) is 19.4. The standard InChI is InChI=1S/C43H40F3N7O4/c1-2-29-34(44)12-7-24-16-28(54)17-32(37(24)29)39-38(46)40-33(18-47-39)41(53-20-25-8-9-26(21-53)48-25)51-43(50-40)57-22-27-5-3-4-14-52(27)19-23-6-10-30(35(45)15-23)31-11-13-36(55)49-42(31)56/h1,6-7,10,12,15-18,25-27,31,48,54H,3-5,8-9,11,13-14,19-22H2,(H,49,55,56)/t25-,26+,27-,31?/m0/s1. The third-order valence-electron chi connectivity index (χ3n) is 11.8. The number of nitrogens with zero attached hydrogens (tertiary/aromatic N) is 5. The fourth-order valence-corrected chi connectivity index (χ4v) is 9.04. The molecule has 14 heteroatoms. The Labute approximate surface area is 326 Å². The summed E-state index contributed by atoms with van der Waals surface area (Å²) in [6, 6.07) is 10.8. The number of pyridine rings is 1. The topological polar surface area (TPSA) is 133 Å². The smallest absolute Gasteiger partial charge is 0.319 e. The van der Waals surface area contributed by atoms with Crippen LogP contribution < -0.4 is 20.3 Å². The van der Waals surface area contributed by atoms with Crippen LogP contribution in [0.2, 0.25) is 0 Å². The van der Waals surface area contributed by atoms with E-state index in [1.54, 1.807) is 6.07 Å². The average Bonchev–Trinajstić information content (AvgIpc) is 3.54. The number of likely N-dealkylation sites (tertiary alicyclic amines) is 1. The highest BCUT2D eigenvalue weighted by atomic mass is 19.1. The van der Waals surface area contributed by atoms with Crippen LogP contribution in [0.5, 0.6) is 11.8 Å². The molecule has 3 aromatic carbocycles. The number of ether oxygens (including phenoxy) is 1. The van der Waals surface area contributed by atoms with Crippen LogP contribution in [0.15, 0.2) is 48.7 Å². The quantitative estimate of drug-likeness (QED) is 0.131. The van der Waals surface area contributed by atoms with Gasteiger partial charge in [0.1, 0.15) is 41.0 Å². The third kappa shape index (κ3) is 6.99. The molecule has 0 saturated carbocycles. The second-order valence-corrected chi connectivity index (χ2v) is 15.5. The van der Waals surface area contributed by atoms with E-state index in [1.165, 1.54) is 36.5 Å². The molecule has 3 N–H and O–H groups in total. The summed E-state index contributed by atoms with van der Waals surface area (Å²) in [7, 11) is 0. The number of carbonyl (C=O) groups is 2. The molecule has 4 aliphatic heterocycles. The zero-order valence-corrected chi connectivity index (χ0v) is 31.0. The van der Waals surface area contributed by atoms with Gasteiger partial charge in [-0.2, -0.15) is 9.97 Å². The van der Waals surface area contributed by atoms with Gasteiger partial charge in [-0.05, 0) is 73.9 Å². The molecule has 1 unspecified atom stereocenters. The summed E-state index contributed by atoms with van der Waals surface area (Å²) < 4.78 is 53.7. The second kappa shape index (κ2) is 14.9. The number of hydrogen-bond donors (Lipinski definition) is 3. The summed E-state index contributed by atoms with van der Waals surface area (Å²) in [5, 5.41) is 17.6. The van der Waals surface area contributed by atoms with Gasteiger partial charge in [-0.25, -0.2) is 13.2 Å². The number of carbonyl (C=O) groups excluding carboxylic acids is 2. The number of rotatable bonds is 8. The predicted octanol–water partition coefficient (Wildman–Crippen LogP) is 5.84. The number of piperazine rings is 1. The van der Waals surface area contributed by atoms with Crippen LogP contribution in [0.25, 0.3) is 32.9 Å². The molecule has 0 radical (unpaired) electrons. The minimum atomic E-state index is -0.791. The Hall–Kier alpha value is -5.78. The largest absolute Gasteiger partial charge is 0.508 e. The number of fused-ring (bicyclic) bond motifs is 4. The first kappa shape index (κ1) is 36.8. The minimum Gasteiger partial charge on any atom is -0.508 e. The highest BCUT2D eigenvalue weighted by Crippen LogP contribution is 2.39. The predicted molar refractivity (Wildman–Crippen MR) is 207 cm³/mol. The molecule has 57 heavy (non-hydrogen) atoms. The maximum atomic E-state index is 17.0. The van der Waals surface area contributed by atoms with Crippen LogP contribution in [0.3, 0.4) is 0 Å². The maximum Gasteiger partial charge on any atom is 0.319 e. The molecule has 2 bridgehead atoms. The lowest BCUT2D eigenvalue weighted by atomic mass is 9.89. The molecule has 2 amide bonds. The Morgan fingerprint density at radius 3 is 2.56 bits per heavy atom. The molecule has 4 fully saturated rings. The van der Waals surface area contributed by atoms with E-state index in [4.69, 9.17) is 16.1 Å². The average molecular weight is 776 g/mol. The Bertz CT molecular complexity index is 2480. The van der Waals surface area contributed by atoms with Crippen molar-refractivity contribution in [3.8, 4) is 35.4 Å². The molecule has 0 aliphatic carbocycles. The van der Waals surface area contributed by atoms with Crippen LogP contribution in [-0.4, -0.2) is 81.1 Å². The molecule has 0 spiro atoms. The molecule has 9 rings (SSSR count). The SMILES string of the molecule is C#Cc1c(F)ccc2cc(O)cc(-c3ncc4c(N5C[C@H]6CC[C@@H](C5)N6)nc(OC[C@@H]5CCCCN5Cc5ccc(C6CCC(=O)NC6=O)c(F)c5)nc4c3F)c12. The van der Waals surface area contributed by atoms with Crippen molar-refractivity contribution in [3.05, 3.63) is 82.8 Å². The van der Waals surface area contributed by atoms with Crippen molar-refractivity contribution in [1.82, 2.24) is 30.5 Å². The van der Waals surface area contributed by atoms with Gasteiger partial charge in [0, 0.05) is 66.9 Å². The number of piperidine rings is 2. The van der Waals surface area contributed by atoms with Crippen LogP contribution in [0.1, 0.15) is 67.6 Å². The van der Waals surface area contributed by atoms with Crippen molar-refractivity contribution in [2.24, 2.45) is 0 Å². The molecule has 4 atom stereocenters. The lowest BCUT2D eigenvalue weighted by molar-refractivity contribution is -0.134. The van der Waals surface area contributed by atoms with Crippen molar-refractivity contribution >= 4 is 39.3 Å². The lowest BCUT2D eigenvalue weighted by Crippen LogP contribution is -2.51. The zero-order valence-electron chi connectivity index (χ0n) is 31.0. The van der Waals surface area contributed by atoms with Crippen LogP contribution in [0, 0.1) is 29.8 Å². The normalized spacial score (nSPS) is 22.5. The van der Waals surface area contributed by atoms with Crippen LogP contribution in [0.4, 0.5) is 19.0 Å². The summed E-state index contributed by atoms with van der Waals surface area (Å²) in [6.45, 7) is 2.69. The summed E-state index contributed by atoms with van der Waals surface area (Å²) in [5.41, 5.74) is 0.874. The van der Waals surface area contributed by atoms with Crippen molar-refractivity contribution < 1.29 is 32.6 Å². The number of aromatic nitrogens is 3. The molecule has 4 saturated heterocycles. The van der Waals surface area contributed by atoms with Gasteiger partial charge in [-0.3, -0.25) is 24.8 Å². The minimum absolute atomic E-state index is 0.0132. The zero-order chi connectivity index (χ0) is 39.4. The molecular weight excluding hydrogens is 736 g/mol. The van der Waals surface area contributed by atoms with Crippen molar-refractivity contribution in [2.75, 3.05) is 31.1 Å². The van der Waals surface area contributed by atoms with Gasteiger partial charge in [-0.15, -0.1) is 6.42 Å². The summed E-state index contributed by atoms with van der Waals surface area (Å²) in [6.07, 6.45) is 12.4. The van der Waals surface area contributed by atoms with E-state index in [1.807, 2.05) is 6.07 Å². The van der Waals surface area contributed by atoms with E-state index in [0.717, 1.165) is 44.2 Å². The Morgan fingerprint density at radius 1 is 0.965 bits per heavy atom. The Morgan fingerprint density at radius 2 is 1.79 bits per heavy atom. The van der Waals surface area contributed by atoms with Gasteiger partial charge in [0.2, 0.25) is 11.8 Å². The van der Waals surface area contributed by atoms with Crippen molar-refractivity contribution in [3.63, 3.8) is 0 Å². The number of phenols is 1. The van der Waals surface area contributed by atoms with Gasteiger partial charge in [-0.1, -0.05) is 30.5 Å². The lowest BCUT2D eigenvalue weighted by Gasteiger charge is -2.36. The Kier molecular flexibility index (Phi) is 9.66. The van der Waals surface area contributed by atoms with Crippen LogP contribution in [-0.2, 0) is 16.1 Å². The molecule has 4 aliphatic rings. The number of nitrogens with one attached hydrogen (secondary N) is 2. The molecule has 2 aromatic heterocycles. The van der Waals surface area contributed by atoms with Gasteiger partial charge < -0.3 is 20.1 Å². The molecular formula is C43H40F3N7O4. The number of hydrogen-bond acceptors (Lipinski definition) is 10. The van der Waals surface area contributed by atoms with Crippen molar-refractivity contribution in [1.29, 1.82) is 0 Å². The molecule has 6 heterocycles. The van der Waals surface area contributed by atoms with E-state index in [9.17, 15) is 19.1 Å². The summed E-state index contributed by atoms with van der Waals surface area (Å²) >= 11 is 0. The van der Waals surface area contributed by atoms with Crippen LogP contribution >= 0.6 is 0 Å². The van der Waals surface area contributed by atoms with E-state index >= 15 is 8.78 Å². The summed E-state index contributed by atoms with van der Waals surface area (Å²) in [4.78, 5) is 42.4. The molecule has 5 aromatic rings. The second-order valence-electron chi connectivity index (χ2n) is 15.5. The number of phenolic OH excluding ortho intramolecular Hbond substituents is 1. The number of aromatic hydroxyl groups is 1. The van der Waals surface area contributed by atoms with Crippen molar-refractivity contribution in [2.45, 2.75) is 75.5 Å². The summed E-state index contributed by atoms with van der Waals surface area (Å²) in [5.74, 6) is -0.770. The van der Waals surface area contributed by atoms with Gasteiger partial charge in [0.25, 0.3) is 0 Å². The fraction of sp³-hybridized carbons (Fsp3) is 0.372. The Balaban J connectivity index is 1.03. The van der Waals surface area contributed by atoms with E-state index in [0.29, 0.717) is 36.2 Å². The number of halogens is 3. The molecule has 11 nitrogen and oxygen atoms in total. The van der Waals surface area contributed by atoms with Gasteiger partial charge >= 0.3 is 6.01 Å². The third-order valence-corrected chi connectivity index (χ3v) is 11.8. The highest BCUT2D eigenvalue weighted by molar-refractivity contribution is 6.03. The van der Waals surface area contributed by atoms with Gasteiger partial charge in [0.15, 0.2) is 5.82 Å². The number of imide groups is 1. The fourth-order valence-electron chi connectivity index (χ4n) is 9.04. The van der Waals surface area contributed by atoms with E-state index < -0.39 is 29.3 Å². The van der Waals surface area contributed by atoms with Gasteiger partial charge in [0.05, 0.1) is 16.9 Å². The first-order chi connectivity index (χ1) is 27.6. The number of terminal acetylenes is 1. The monoisotopic (exact) mass is 775 g/mol. The highest BCUT2D eigenvalue weighted by Gasteiger charge is 2.35. The van der Waals surface area contributed by atoms with E-state index in [-0.39, 0.29) is 88.5 Å². The maximum absolute atomic E-state index is 17.0. The number of anilines is 1. The first-order valence-corrected chi connectivity index (χ1v) is 19.4. The van der Waals surface area contributed by atoms with E-state index in [2.05, 4.69) is 36.3 Å². The number of benzene rings is 3. The number of amides is 2.